The van der Waals surface area contributed by atoms with Crippen LogP contribution in [0.5, 0.6) is 0 Å². The summed E-state index contributed by atoms with van der Waals surface area (Å²) in [6.45, 7) is -0.990. The molecule has 3 N–H and O–H groups in total. The van der Waals surface area contributed by atoms with E-state index in [0.29, 0.717) is 10.8 Å². The number of H-pyrrole nitrogens is 1. The molecule has 0 radical (unpaired) electrons. The minimum atomic E-state index is -5.43. The van der Waals surface area contributed by atoms with Gasteiger partial charge in [0.25, 0.3) is 5.56 Å². The zero-order valence-corrected chi connectivity index (χ0v) is 23.4. The Labute approximate surface area is 228 Å². The molecular formula is C10H12FN2Na3O11P2. The number of nitrogens with one attached hydrogen (secondary N) is 1. The van der Waals surface area contributed by atoms with Gasteiger partial charge in [-0.1, -0.05) is 7.60 Å². The Morgan fingerprint density at radius 3 is 2.24 bits per heavy atom. The number of aromatic nitrogens is 2. The van der Waals surface area contributed by atoms with Gasteiger partial charge in [0.15, 0.2) is 6.23 Å². The Balaban J connectivity index is 0. The molecular weight excluding hydrogens is 474 g/mol. The van der Waals surface area contributed by atoms with Gasteiger partial charge in [-0.3, -0.25) is 14.3 Å². The van der Waals surface area contributed by atoms with Crippen LogP contribution in [0.3, 0.4) is 0 Å². The van der Waals surface area contributed by atoms with Crippen LogP contribution in [0.1, 0.15) is 6.23 Å². The van der Waals surface area contributed by atoms with Crippen molar-refractivity contribution in [2.24, 2.45) is 0 Å². The maximum absolute atomic E-state index is 13.3. The van der Waals surface area contributed by atoms with E-state index in [4.69, 9.17) is 4.74 Å². The standard InChI is InChI=1S/C10H15FN2O11P2.3Na/c11-4-1-13(10(17)12-8(4)16)9-7(15)6(14)5(24-9)2-23-26(21,22)3-25(18,19)20;;;/h1,5-7,9,14-15H,2-3H2,(H,21,22)(H,12,16,17)(H2,18,19,20);;;/q;3*+1/p-3/t5-,6-,7-,9-;;;/m1.../s1. The molecule has 0 bridgehead atoms. The molecule has 13 nitrogen and oxygen atoms in total. The summed E-state index contributed by atoms with van der Waals surface area (Å²) in [5.74, 6) is -3.19. The second-order valence-corrected chi connectivity index (χ2v) is 9.18. The van der Waals surface area contributed by atoms with Crippen molar-refractivity contribution in [3.63, 3.8) is 0 Å². The fraction of sp³-hybridized carbons (Fsp3) is 0.600. The number of aliphatic hydroxyl groups excluding tert-OH is 2. The average Bonchev–Trinajstić information content (AvgIpc) is 2.75. The van der Waals surface area contributed by atoms with Gasteiger partial charge in [0, 0.05) is 5.90 Å². The van der Waals surface area contributed by atoms with Crippen LogP contribution in [0.2, 0.25) is 0 Å². The number of aliphatic hydroxyl groups is 2. The number of rotatable bonds is 6. The number of ether oxygens (including phenoxy) is 1. The van der Waals surface area contributed by atoms with Crippen LogP contribution < -0.4 is 115 Å². The topological polar surface area (TPSA) is 217 Å². The molecule has 19 heteroatoms. The van der Waals surface area contributed by atoms with Gasteiger partial charge in [0.2, 0.25) is 5.82 Å². The van der Waals surface area contributed by atoms with Gasteiger partial charge >= 0.3 is 94.4 Å². The number of hydrogen-bond donors (Lipinski definition) is 3. The largest absolute Gasteiger partial charge is 1.00 e. The molecule has 1 aliphatic rings. The molecule has 0 saturated carbocycles. The van der Waals surface area contributed by atoms with Gasteiger partial charge in [-0.25, -0.2) is 4.79 Å². The maximum atomic E-state index is 13.3. The van der Waals surface area contributed by atoms with Crippen LogP contribution in [-0.2, 0) is 18.4 Å². The second kappa shape index (κ2) is 12.9. The Kier molecular flexibility index (Phi) is 14.6. The van der Waals surface area contributed by atoms with Crippen LogP contribution >= 0.6 is 15.2 Å². The molecule has 1 aromatic rings. The first-order chi connectivity index (χ1) is 11.8. The van der Waals surface area contributed by atoms with Crippen molar-refractivity contribution in [3.8, 4) is 0 Å². The summed E-state index contributed by atoms with van der Waals surface area (Å²) in [5, 5.41) is 19.7. The Morgan fingerprint density at radius 2 is 1.72 bits per heavy atom. The van der Waals surface area contributed by atoms with Gasteiger partial charge in [0.05, 0.1) is 12.8 Å². The molecule has 2 heterocycles. The molecule has 1 unspecified atom stereocenters. The Morgan fingerprint density at radius 1 is 1.17 bits per heavy atom. The molecule has 2 rings (SSSR count). The van der Waals surface area contributed by atoms with E-state index in [1.165, 1.54) is 0 Å². The third-order valence-corrected chi connectivity index (χ3v) is 6.63. The smallest absolute Gasteiger partial charge is 0.810 e. The predicted octanol–water partition coefficient (Wildman–Crippen LogP) is -13.3. The van der Waals surface area contributed by atoms with Crippen molar-refractivity contribution < 1.29 is 136 Å². The van der Waals surface area contributed by atoms with E-state index in [1.807, 2.05) is 0 Å². The summed E-state index contributed by atoms with van der Waals surface area (Å²) < 4.78 is 44.9. The quantitative estimate of drug-likeness (QED) is 0.253. The molecule has 1 aromatic heterocycles. The number of halogens is 1. The van der Waals surface area contributed by atoms with Gasteiger partial charge in [0.1, 0.15) is 25.9 Å². The Hall–Kier alpha value is 1.79. The fourth-order valence-corrected chi connectivity index (χ4v) is 4.58. The first kappa shape index (κ1) is 33.0. The summed E-state index contributed by atoms with van der Waals surface area (Å²) >= 11 is 0. The van der Waals surface area contributed by atoms with E-state index in [2.05, 4.69) is 4.52 Å². The summed E-state index contributed by atoms with van der Waals surface area (Å²) in [5.41, 5.74) is -2.51. The van der Waals surface area contributed by atoms with Crippen molar-refractivity contribution >= 4 is 15.2 Å². The van der Waals surface area contributed by atoms with Crippen molar-refractivity contribution in [2.45, 2.75) is 24.5 Å². The van der Waals surface area contributed by atoms with E-state index in [0.717, 1.165) is 0 Å². The molecule has 1 saturated heterocycles. The molecule has 0 aromatic carbocycles. The van der Waals surface area contributed by atoms with Crippen LogP contribution in [0.4, 0.5) is 4.39 Å². The van der Waals surface area contributed by atoms with E-state index >= 15 is 0 Å². The van der Waals surface area contributed by atoms with Crippen LogP contribution in [-0.4, -0.2) is 50.6 Å². The van der Waals surface area contributed by atoms with Gasteiger partial charge < -0.3 is 43.3 Å². The second-order valence-electron chi connectivity index (χ2n) is 5.35. The van der Waals surface area contributed by atoms with Gasteiger partial charge in [-0.15, -0.1) is 0 Å². The zero-order chi connectivity index (χ0) is 19.9. The van der Waals surface area contributed by atoms with Gasteiger partial charge in [-0.05, 0) is 0 Å². The summed E-state index contributed by atoms with van der Waals surface area (Å²) in [4.78, 5) is 56.6. The molecule has 1 fully saturated rings. The van der Waals surface area contributed by atoms with Crippen molar-refractivity contribution in [1.29, 1.82) is 0 Å². The van der Waals surface area contributed by atoms with Crippen LogP contribution in [0.25, 0.3) is 0 Å². The molecule has 148 valence electrons. The first-order valence-electron chi connectivity index (χ1n) is 6.79. The van der Waals surface area contributed by atoms with E-state index < -0.39 is 69.3 Å². The minimum absolute atomic E-state index is 0. The Bertz CT molecular complexity index is 892. The van der Waals surface area contributed by atoms with Crippen LogP contribution in [0.15, 0.2) is 15.8 Å². The van der Waals surface area contributed by atoms with E-state index in [9.17, 15) is 48.0 Å². The third-order valence-electron chi connectivity index (χ3n) is 3.32. The maximum Gasteiger partial charge on any atom is 1.00 e. The number of aromatic amines is 1. The molecule has 0 spiro atoms. The van der Waals surface area contributed by atoms with E-state index in [-0.39, 0.29) is 88.7 Å². The molecule has 29 heavy (non-hydrogen) atoms. The minimum Gasteiger partial charge on any atom is -0.810 e. The predicted molar refractivity (Wildman–Crippen MR) is 73.2 cm³/mol. The SMILES string of the molecule is O=c1[nH]c(=O)n([C@@H]2O[C@H](COP(=O)([O-])CP(=O)([O-])[O-])[C@@H](O)[C@H]2O)cc1F.[Na+].[Na+].[Na+]. The third kappa shape index (κ3) is 9.28. The zero-order valence-electron chi connectivity index (χ0n) is 15.6. The first-order valence-corrected chi connectivity index (χ1v) is 10.2. The monoisotopic (exact) mass is 486 g/mol. The summed E-state index contributed by atoms with van der Waals surface area (Å²) in [6.07, 6.45) is -6.52. The van der Waals surface area contributed by atoms with Crippen LogP contribution in [0, 0.1) is 5.82 Å². The number of nitrogens with zero attached hydrogens (tertiary/aromatic N) is 1. The molecule has 1 aliphatic heterocycles. The van der Waals surface area contributed by atoms with Crippen molar-refractivity contribution in [2.75, 3.05) is 12.5 Å². The normalized spacial score (nSPS) is 25.9. The number of hydrogen-bond acceptors (Lipinski definition) is 11. The van der Waals surface area contributed by atoms with Crippen molar-refractivity contribution in [1.82, 2.24) is 9.55 Å². The summed E-state index contributed by atoms with van der Waals surface area (Å²) in [7, 11) is -10.5. The summed E-state index contributed by atoms with van der Waals surface area (Å²) in [6, 6.07) is 0. The molecule has 0 amide bonds. The molecule has 0 aliphatic carbocycles. The van der Waals surface area contributed by atoms with E-state index in [1.54, 1.807) is 4.98 Å². The van der Waals surface area contributed by atoms with Crippen molar-refractivity contribution in [3.05, 3.63) is 32.9 Å². The fourth-order valence-electron chi connectivity index (χ4n) is 2.19. The van der Waals surface area contributed by atoms with Gasteiger partial charge in [-0.2, -0.15) is 4.39 Å². The molecule has 5 atom stereocenters. The average molecular weight is 486 g/mol.